The largest absolute Gasteiger partial charge is 0.492 e. The van der Waals surface area contributed by atoms with E-state index in [1.165, 1.54) is 11.9 Å². The molecule has 0 bridgehead atoms. The molecule has 112 valence electrons. The fraction of sp³-hybridized carbons (Fsp3) is 0.333. The van der Waals surface area contributed by atoms with Crippen LogP contribution in [0.4, 0.5) is 11.6 Å². The van der Waals surface area contributed by atoms with Crippen LogP contribution in [0, 0.1) is 6.92 Å². The summed E-state index contributed by atoms with van der Waals surface area (Å²) < 4.78 is 11.0. The van der Waals surface area contributed by atoms with Crippen LogP contribution in [-0.4, -0.2) is 37.3 Å². The second kappa shape index (κ2) is 7.33. The lowest BCUT2D eigenvalue weighted by Crippen LogP contribution is -2.14. The number of aryl methyl sites for hydroxylation is 1. The summed E-state index contributed by atoms with van der Waals surface area (Å²) >= 11 is 0. The summed E-state index contributed by atoms with van der Waals surface area (Å²) in [5.41, 5.74) is 1.18. The van der Waals surface area contributed by atoms with Gasteiger partial charge in [-0.05, 0) is 24.6 Å². The van der Waals surface area contributed by atoms with Crippen LogP contribution in [0.2, 0.25) is 0 Å². The number of benzene rings is 1. The molecular weight excluding hydrogens is 268 g/mol. The Morgan fingerprint density at radius 3 is 2.71 bits per heavy atom. The van der Waals surface area contributed by atoms with Gasteiger partial charge in [0.2, 0.25) is 5.75 Å². The molecular formula is C15H20N4O2. The highest BCUT2D eigenvalue weighted by molar-refractivity contribution is 5.63. The summed E-state index contributed by atoms with van der Waals surface area (Å²) in [5, 5.41) is 6.14. The van der Waals surface area contributed by atoms with Gasteiger partial charge in [-0.1, -0.05) is 12.1 Å². The molecule has 2 rings (SSSR count). The number of hydrogen-bond donors (Lipinski definition) is 2. The third-order valence-corrected chi connectivity index (χ3v) is 2.90. The lowest BCUT2D eigenvalue weighted by molar-refractivity contribution is 0.332. The predicted molar refractivity (Wildman–Crippen MR) is 83.3 cm³/mol. The average Bonchev–Trinajstić information content (AvgIpc) is 2.51. The van der Waals surface area contributed by atoms with Crippen LogP contribution in [0.1, 0.15) is 5.56 Å². The summed E-state index contributed by atoms with van der Waals surface area (Å²) in [4.78, 5) is 8.27. The van der Waals surface area contributed by atoms with Gasteiger partial charge in [-0.15, -0.1) is 0 Å². The minimum Gasteiger partial charge on any atom is -0.492 e. The number of hydrogen-bond acceptors (Lipinski definition) is 6. The fourth-order valence-electron chi connectivity index (χ4n) is 1.91. The molecule has 0 spiro atoms. The maximum atomic E-state index is 5.68. The Hall–Kier alpha value is -2.50. The Morgan fingerprint density at radius 2 is 2.00 bits per heavy atom. The van der Waals surface area contributed by atoms with Gasteiger partial charge >= 0.3 is 0 Å². The maximum Gasteiger partial charge on any atom is 0.204 e. The van der Waals surface area contributed by atoms with E-state index in [-0.39, 0.29) is 0 Å². The first-order valence-electron chi connectivity index (χ1n) is 6.74. The molecule has 0 fully saturated rings. The lowest BCUT2D eigenvalue weighted by Gasteiger charge is -2.13. The first kappa shape index (κ1) is 14.9. The Labute approximate surface area is 124 Å². The van der Waals surface area contributed by atoms with Gasteiger partial charge in [0, 0.05) is 7.05 Å². The standard InChI is InChI=1S/C15H20N4O2/c1-11-5-4-6-12(9-11)21-8-7-17-15-13(20-3)14(16-2)18-10-19-15/h4-6,9-10H,7-8H2,1-3H3,(H2,16,17,18,19). The maximum absolute atomic E-state index is 5.68. The van der Waals surface area contributed by atoms with Gasteiger partial charge in [0.15, 0.2) is 11.6 Å². The molecule has 0 saturated carbocycles. The third-order valence-electron chi connectivity index (χ3n) is 2.90. The van der Waals surface area contributed by atoms with Gasteiger partial charge in [-0.25, -0.2) is 9.97 Å². The van der Waals surface area contributed by atoms with Crippen LogP contribution >= 0.6 is 0 Å². The molecule has 0 saturated heterocycles. The topological polar surface area (TPSA) is 68.3 Å². The molecule has 0 aliphatic carbocycles. The van der Waals surface area contributed by atoms with Gasteiger partial charge in [0.1, 0.15) is 18.7 Å². The van der Waals surface area contributed by atoms with Crippen molar-refractivity contribution in [3.63, 3.8) is 0 Å². The van der Waals surface area contributed by atoms with Crippen LogP contribution in [0.3, 0.4) is 0 Å². The molecule has 0 atom stereocenters. The van der Waals surface area contributed by atoms with E-state index < -0.39 is 0 Å². The average molecular weight is 288 g/mol. The van der Waals surface area contributed by atoms with Crippen molar-refractivity contribution in [2.75, 3.05) is 37.9 Å². The van der Waals surface area contributed by atoms with E-state index in [0.717, 1.165) is 5.75 Å². The molecule has 0 aliphatic heterocycles. The van der Waals surface area contributed by atoms with E-state index in [9.17, 15) is 0 Å². The zero-order valence-electron chi connectivity index (χ0n) is 12.5. The predicted octanol–water partition coefficient (Wildman–Crippen LogP) is 2.33. The Kier molecular flexibility index (Phi) is 5.20. The highest BCUT2D eigenvalue weighted by Gasteiger charge is 2.10. The molecule has 21 heavy (non-hydrogen) atoms. The van der Waals surface area contributed by atoms with E-state index >= 15 is 0 Å². The second-order valence-electron chi connectivity index (χ2n) is 4.45. The molecule has 6 heteroatoms. The van der Waals surface area contributed by atoms with Crippen LogP contribution < -0.4 is 20.1 Å². The van der Waals surface area contributed by atoms with Crippen LogP contribution in [-0.2, 0) is 0 Å². The highest BCUT2D eigenvalue weighted by Crippen LogP contribution is 2.28. The van der Waals surface area contributed by atoms with Crippen molar-refractivity contribution < 1.29 is 9.47 Å². The molecule has 1 aromatic carbocycles. The number of nitrogens with zero attached hydrogens (tertiary/aromatic N) is 2. The van der Waals surface area contributed by atoms with Crippen molar-refractivity contribution in [1.82, 2.24) is 9.97 Å². The number of aromatic nitrogens is 2. The first-order valence-corrected chi connectivity index (χ1v) is 6.74. The summed E-state index contributed by atoms with van der Waals surface area (Å²) in [6.45, 7) is 3.19. The smallest absolute Gasteiger partial charge is 0.204 e. The quantitative estimate of drug-likeness (QED) is 0.762. The molecule has 2 aromatic rings. The summed E-state index contributed by atoms with van der Waals surface area (Å²) in [6, 6.07) is 7.96. The Morgan fingerprint density at radius 1 is 1.19 bits per heavy atom. The fourth-order valence-corrected chi connectivity index (χ4v) is 1.91. The number of anilines is 2. The molecule has 0 radical (unpaired) electrons. The normalized spacial score (nSPS) is 10.0. The molecule has 1 heterocycles. The van der Waals surface area contributed by atoms with E-state index in [1.54, 1.807) is 14.2 Å². The minimum absolute atomic E-state index is 0.533. The van der Waals surface area contributed by atoms with E-state index in [0.29, 0.717) is 30.5 Å². The van der Waals surface area contributed by atoms with Crippen LogP contribution in [0.5, 0.6) is 11.5 Å². The van der Waals surface area contributed by atoms with Crippen molar-refractivity contribution in [3.8, 4) is 11.5 Å². The van der Waals surface area contributed by atoms with Gasteiger partial charge in [-0.2, -0.15) is 0 Å². The number of nitrogens with one attached hydrogen (secondary N) is 2. The van der Waals surface area contributed by atoms with E-state index in [1.807, 2.05) is 31.2 Å². The van der Waals surface area contributed by atoms with Crippen molar-refractivity contribution in [2.45, 2.75) is 6.92 Å². The zero-order valence-corrected chi connectivity index (χ0v) is 12.5. The Bertz CT molecular complexity index is 590. The van der Waals surface area contributed by atoms with Gasteiger partial charge in [-0.3, -0.25) is 0 Å². The monoisotopic (exact) mass is 288 g/mol. The van der Waals surface area contributed by atoms with E-state index in [2.05, 4.69) is 20.6 Å². The van der Waals surface area contributed by atoms with Gasteiger partial charge < -0.3 is 20.1 Å². The first-order chi connectivity index (χ1) is 10.2. The zero-order chi connectivity index (χ0) is 15.1. The summed E-state index contributed by atoms with van der Waals surface area (Å²) in [6.07, 6.45) is 1.48. The minimum atomic E-state index is 0.533. The molecule has 2 N–H and O–H groups in total. The summed E-state index contributed by atoms with van der Waals surface area (Å²) in [5.74, 6) is 2.75. The number of rotatable bonds is 7. The third kappa shape index (κ3) is 3.98. The molecule has 0 amide bonds. The van der Waals surface area contributed by atoms with Crippen LogP contribution in [0.25, 0.3) is 0 Å². The highest BCUT2D eigenvalue weighted by atomic mass is 16.5. The Balaban J connectivity index is 1.89. The van der Waals surface area contributed by atoms with E-state index in [4.69, 9.17) is 9.47 Å². The van der Waals surface area contributed by atoms with Crippen molar-refractivity contribution in [1.29, 1.82) is 0 Å². The van der Waals surface area contributed by atoms with Crippen molar-refractivity contribution in [2.24, 2.45) is 0 Å². The number of ether oxygens (including phenoxy) is 2. The van der Waals surface area contributed by atoms with Crippen molar-refractivity contribution in [3.05, 3.63) is 36.2 Å². The molecule has 0 aliphatic rings. The number of methoxy groups -OCH3 is 1. The van der Waals surface area contributed by atoms with Gasteiger partial charge in [0.05, 0.1) is 13.7 Å². The van der Waals surface area contributed by atoms with Crippen LogP contribution in [0.15, 0.2) is 30.6 Å². The molecule has 1 aromatic heterocycles. The van der Waals surface area contributed by atoms with Crippen molar-refractivity contribution >= 4 is 11.6 Å². The lowest BCUT2D eigenvalue weighted by atomic mass is 10.2. The molecule has 6 nitrogen and oxygen atoms in total. The summed E-state index contributed by atoms with van der Waals surface area (Å²) in [7, 11) is 3.38. The SMILES string of the molecule is CNc1ncnc(NCCOc2cccc(C)c2)c1OC. The van der Waals surface area contributed by atoms with Gasteiger partial charge in [0.25, 0.3) is 0 Å². The molecule has 0 unspecified atom stereocenters. The second-order valence-corrected chi connectivity index (χ2v) is 4.45.